The van der Waals surface area contributed by atoms with Crippen molar-refractivity contribution in [1.82, 2.24) is 0 Å². The van der Waals surface area contributed by atoms with E-state index in [9.17, 15) is 10.2 Å². The largest absolute Gasteiger partial charge is 0.394 e. The topological polar surface area (TPSA) is 49.7 Å². The highest BCUT2D eigenvalue weighted by molar-refractivity contribution is 7.09. The third kappa shape index (κ3) is 3.95. The maximum Gasteiger partial charge on any atom is 0.106 e. The number of halogens is 2. The lowest BCUT2D eigenvalue weighted by atomic mass is 9.68. The Morgan fingerprint density at radius 3 is 2.50 bits per heavy atom. The van der Waals surface area contributed by atoms with Gasteiger partial charge in [-0.05, 0) is 55.7 Å². The molecule has 22 heavy (non-hydrogen) atoms. The summed E-state index contributed by atoms with van der Waals surface area (Å²) < 4.78 is 5.46. The quantitative estimate of drug-likeness (QED) is 0.713. The SMILES string of the molecule is C[C@](CC(c1ccc(Cl)c(Cl)c1)C1CCC1)(OP)C(O)CO. The summed E-state index contributed by atoms with van der Waals surface area (Å²) in [6.07, 6.45) is 3.22. The molecule has 124 valence electrons. The van der Waals surface area contributed by atoms with Crippen LogP contribution in [-0.2, 0) is 4.52 Å². The predicted molar refractivity (Wildman–Crippen MR) is 93.5 cm³/mol. The van der Waals surface area contributed by atoms with E-state index >= 15 is 0 Å². The van der Waals surface area contributed by atoms with Crippen molar-refractivity contribution in [3.05, 3.63) is 33.8 Å². The van der Waals surface area contributed by atoms with Crippen LogP contribution in [0.3, 0.4) is 0 Å². The minimum Gasteiger partial charge on any atom is -0.394 e. The van der Waals surface area contributed by atoms with Crippen LogP contribution in [0.25, 0.3) is 0 Å². The summed E-state index contributed by atoms with van der Waals surface area (Å²) in [7, 11) is 2.21. The van der Waals surface area contributed by atoms with E-state index in [1.165, 1.54) is 6.42 Å². The maximum atomic E-state index is 10.1. The molecule has 3 nitrogen and oxygen atoms in total. The third-order valence-electron chi connectivity index (χ3n) is 4.86. The summed E-state index contributed by atoms with van der Waals surface area (Å²) in [5, 5.41) is 20.5. The lowest BCUT2D eigenvalue weighted by Crippen LogP contribution is -2.44. The van der Waals surface area contributed by atoms with Crippen molar-refractivity contribution in [3.63, 3.8) is 0 Å². The fourth-order valence-electron chi connectivity index (χ4n) is 3.03. The van der Waals surface area contributed by atoms with E-state index in [-0.39, 0.29) is 12.5 Å². The van der Waals surface area contributed by atoms with Gasteiger partial charge < -0.3 is 14.7 Å². The Kier molecular flexibility index (Phi) is 6.53. The van der Waals surface area contributed by atoms with E-state index in [1.807, 2.05) is 25.1 Å². The van der Waals surface area contributed by atoms with Crippen molar-refractivity contribution >= 4 is 32.7 Å². The lowest BCUT2D eigenvalue weighted by Gasteiger charge is -2.41. The van der Waals surface area contributed by atoms with E-state index in [0.717, 1.165) is 18.4 Å². The van der Waals surface area contributed by atoms with Gasteiger partial charge in [0.05, 0.1) is 22.3 Å². The molecule has 0 spiro atoms. The zero-order chi connectivity index (χ0) is 16.3. The van der Waals surface area contributed by atoms with E-state index < -0.39 is 11.7 Å². The van der Waals surface area contributed by atoms with Crippen LogP contribution in [0.15, 0.2) is 18.2 Å². The molecule has 1 aromatic carbocycles. The smallest absolute Gasteiger partial charge is 0.106 e. The molecule has 1 aromatic rings. The van der Waals surface area contributed by atoms with Gasteiger partial charge in [-0.3, -0.25) is 0 Å². The average Bonchev–Trinajstić information content (AvgIpc) is 2.46. The molecule has 0 radical (unpaired) electrons. The van der Waals surface area contributed by atoms with Gasteiger partial charge in [0.2, 0.25) is 0 Å². The molecule has 0 amide bonds. The van der Waals surface area contributed by atoms with E-state index in [0.29, 0.717) is 22.4 Å². The molecule has 3 unspecified atom stereocenters. The van der Waals surface area contributed by atoms with Crippen LogP contribution < -0.4 is 0 Å². The highest BCUT2D eigenvalue weighted by Gasteiger charge is 2.39. The zero-order valence-corrected chi connectivity index (χ0v) is 15.3. The Balaban J connectivity index is 2.28. The molecule has 0 aromatic heterocycles. The minimum absolute atomic E-state index is 0.218. The van der Waals surface area contributed by atoms with Gasteiger partial charge in [-0.15, -0.1) is 0 Å². The number of hydrogen-bond acceptors (Lipinski definition) is 3. The molecule has 0 bridgehead atoms. The standard InChI is InChI=1S/C16H23Cl2O3P/c1-16(21-22,15(20)9-19)8-12(10-3-2-4-10)11-5-6-13(17)14(18)7-11/h5-7,10,12,15,19-20H,2-4,8-9,22H2,1H3/t12?,15?,16-/m1/s1. The van der Waals surface area contributed by atoms with Crippen molar-refractivity contribution < 1.29 is 14.7 Å². The van der Waals surface area contributed by atoms with Crippen molar-refractivity contribution in [2.75, 3.05) is 6.61 Å². The molecular weight excluding hydrogens is 342 g/mol. The summed E-state index contributed by atoms with van der Waals surface area (Å²) in [6.45, 7) is 1.49. The lowest BCUT2D eigenvalue weighted by molar-refractivity contribution is -0.0691. The number of rotatable bonds is 7. The van der Waals surface area contributed by atoms with Crippen LogP contribution >= 0.6 is 32.7 Å². The third-order valence-corrected chi connectivity index (χ3v) is 6.14. The van der Waals surface area contributed by atoms with Crippen molar-refractivity contribution in [2.24, 2.45) is 5.92 Å². The van der Waals surface area contributed by atoms with Crippen LogP contribution in [0.1, 0.15) is 44.1 Å². The van der Waals surface area contributed by atoms with Gasteiger partial charge in [0.1, 0.15) is 6.10 Å². The summed E-state index contributed by atoms with van der Waals surface area (Å²) in [4.78, 5) is 0. The summed E-state index contributed by atoms with van der Waals surface area (Å²) in [5.74, 6) is 0.762. The molecule has 0 saturated heterocycles. The summed E-state index contributed by atoms with van der Waals surface area (Å²) in [5.41, 5.74) is 0.281. The predicted octanol–water partition coefficient (Wildman–Crippen LogP) is 4.19. The zero-order valence-electron chi connectivity index (χ0n) is 12.6. The monoisotopic (exact) mass is 364 g/mol. The number of aliphatic hydroxyl groups excluding tert-OH is 2. The molecule has 2 rings (SSSR count). The fraction of sp³-hybridized carbons (Fsp3) is 0.625. The summed E-state index contributed by atoms with van der Waals surface area (Å²) in [6, 6.07) is 5.71. The molecule has 0 heterocycles. The first-order valence-electron chi connectivity index (χ1n) is 7.53. The second kappa shape index (κ2) is 7.79. The second-order valence-corrected chi connectivity index (χ2v) is 7.35. The number of benzene rings is 1. The molecule has 0 aliphatic heterocycles. The first-order chi connectivity index (χ1) is 10.4. The van der Waals surface area contributed by atoms with Gasteiger partial charge in [-0.25, -0.2) is 0 Å². The van der Waals surface area contributed by atoms with Crippen LogP contribution in [0.2, 0.25) is 10.0 Å². The van der Waals surface area contributed by atoms with Crippen molar-refractivity contribution in [2.45, 2.75) is 50.2 Å². The molecule has 1 fully saturated rings. The average molecular weight is 365 g/mol. The van der Waals surface area contributed by atoms with Crippen LogP contribution in [0.4, 0.5) is 0 Å². The number of aliphatic hydroxyl groups is 2. The van der Waals surface area contributed by atoms with Gasteiger partial charge >= 0.3 is 0 Å². The van der Waals surface area contributed by atoms with Crippen LogP contribution in [0, 0.1) is 5.92 Å². The molecule has 1 saturated carbocycles. The highest BCUT2D eigenvalue weighted by Crippen LogP contribution is 2.46. The molecule has 1 aliphatic rings. The molecule has 4 atom stereocenters. The normalized spacial score (nSPS) is 21.0. The molecule has 1 aliphatic carbocycles. The van der Waals surface area contributed by atoms with Gasteiger partial charge in [-0.2, -0.15) is 0 Å². The first-order valence-corrected chi connectivity index (χ1v) is 8.75. The van der Waals surface area contributed by atoms with Crippen molar-refractivity contribution in [1.29, 1.82) is 0 Å². The highest BCUT2D eigenvalue weighted by atomic mass is 35.5. The van der Waals surface area contributed by atoms with Crippen LogP contribution in [0.5, 0.6) is 0 Å². The molecule has 6 heteroatoms. The van der Waals surface area contributed by atoms with Gasteiger partial charge in [-0.1, -0.05) is 35.7 Å². The minimum atomic E-state index is -0.935. The molecular formula is C16H23Cl2O3P. The van der Waals surface area contributed by atoms with Crippen molar-refractivity contribution in [3.8, 4) is 0 Å². The van der Waals surface area contributed by atoms with E-state index in [1.54, 1.807) is 0 Å². The fourth-order valence-corrected chi connectivity index (χ4v) is 3.59. The van der Waals surface area contributed by atoms with Gasteiger partial charge in [0, 0.05) is 9.47 Å². The van der Waals surface area contributed by atoms with E-state index in [4.69, 9.17) is 27.7 Å². The van der Waals surface area contributed by atoms with Crippen LogP contribution in [-0.4, -0.2) is 28.5 Å². The Morgan fingerprint density at radius 2 is 2.05 bits per heavy atom. The van der Waals surface area contributed by atoms with Gasteiger partial charge in [0.15, 0.2) is 0 Å². The Morgan fingerprint density at radius 1 is 1.36 bits per heavy atom. The molecule has 2 N–H and O–H groups in total. The Hall–Kier alpha value is 0.110. The Labute approximate surface area is 144 Å². The summed E-state index contributed by atoms with van der Waals surface area (Å²) >= 11 is 12.2. The van der Waals surface area contributed by atoms with E-state index in [2.05, 4.69) is 9.47 Å². The first kappa shape index (κ1) is 18.4. The van der Waals surface area contributed by atoms with Gasteiger partial charge in [0.25, 0.3) is 0 Å². The Bertz CT molecular complexity index is 510. The maximum absolute atomic E-state index is 10.1. The number of hydrogen-bond donors (Lipinski definition) is 2. The second-order valence-electron chi connectivity index (χ2n) is 6.30.